The summed E-state index contributed by atoms with van der Waals surface area (Å²) in [5, 5.41) is 0. The van der Waals surface area contributed by atoms with E-state index in [9.17, 15) is 24.0 Å². The van der Waals surface area contributed by atoms with Crippen LogP contribution in [0.4, 0.5) is 0 Å². The van der Waals surface area contributed by atoms with Gasteiger partial charge in [-0.15, -0.1) is 0 Å². The first-order chi connectivity index (χ1) is 24.4. The molecule has 0 spiro atoms. The van der Waals surface area contributed by atoms with Crippen molar-refractivity contribution in [3.8, 4) is 0 Å². The second-order valence-corrected chi connectivity index (χ2v) is 12.8. The van der Waals surface area contributed by atoms with Gasteiger partial charge in [-0.05, 0) is 83.7 Å². The van der Waals surface area contributed by atoms with Gasteiger partial charge < -0.3 is 28.6 Å². The largest absolute Gasteiger partial charge is 0.462 e. The molecule has 0 saturated carbocycles. The summed E-state index contributed by atoms with van der Waals surface area (Å²) in [5.74, 6) is -3.19. The molecule has 0 aliphatic carbocycles. The molecule has 1 fully saturated rings. The van der Waals surface area contributed by atoms with Gasteiger partial charge in [0, 0.05) is 19.4 Å². The molecule has 11 nitrogen and oxygen atoms in total. The Bertz CT molecular complexity index is 929. The lowest BCUT2D eigenvalue weighted by Crippen LogP contribution is -2.41. The summed E-state index contributed by atoms with van der Waals surface area (Å²) < 4.78 is 26.2. The molecule has 1 heterocycles. The summed E-state index contributed by atoms with van der Waals surface area (Å²) in [6.07, 6.45) is 22.6. The molecule has 1 rings (SSSR count). The molecule has 0 amide bonds. The summed E-state index contributed by atoms with van der Waals surface area (Å²) in [6, 6.07) is 0. The Morgan fingerprint density at radius 1 is 0.540 bits per heavy atom. The van der Waals surface area contributed by atoms with Gasteiger partial charge in [0.1, 0.15) is 13.2 Å². The standard InChI is InChI=1S/C39H65NO10/c1-3-5-7-9-11-13-19-30-46-34(41)24-17-15-21-32-48-38(44)37(50-36(43)26-29-40-27-23-28-40)39(45)49-33-22-16-18-25-35(42)47-31-20-14-12-10-8-6-4-2/h13-14,19-20,37H,3-12,15-18,21-33H2,1-2H3/b19-13-,20-14-. The highest BCUT2D eigenvalue weighted by Crippen LogP contribution is 2.11. The molecule has 1 aliphatic heterocycles. The van der Waals surface area contributed by atoms with E-state index in [2.05, 4.69) is 18.7 Å². The Labute approximate surface area is 300 Å². The first kappa shape index (κ1) is 44.8. The summed E-state index contributed by atoms with van der Waals surface area (Å²) in [4.78, 5) is 63.9. The molecule has 286 valence electrons. The lowest BCUT2D eigenvalue weighted by atomic mass is 10.1. The van der Waals surface area contributed by atoms with Crippen molar-refractivity contribution in [1.29, 1.82) is 0 Å². The summed E-state index contributed by atoms with van der Waals surface area (Å²) in [6.45, 7) is 7.21. The van der Waals surface area contributed by atoms with Crippen LogP contribution >= 0.6 is 0 Å². The van der Waals surface area contributed by atoms with Crippen LogP contribution in [-0.4, -0.2) is 86.9 Å². The summed E-state index contributed by atoms with van der Waals surface area (Å²) in [5.41, 5.74) is 0. The number of rotatable bonds is 32. The minimum Gasteiger partial charge on any atom is -0.462 e. The second-order valence-electron chi connectivity index (χ2n) is 12.8. The van der Waals surface area contributed by atoms with E-state index in [0.29, 0.717) is 45.1 Å². The summed E-state index contributed by atoms with van der Waals surface area (Å²) in [7, 11) is 0. The maximum atomic E-state index is 12.8. The molecule has 1 aliphatic rings. The molecule has 0 aromatic carbocycles. The Morgan fingerprint density at radius 2 is 1.02 bits per heavy atom. The molecule has 0 aromatic heterocycles. The Hall–Kier alpha value is -3.21. The number of carbonyl (C=O) groups excluding carboxylic acids is 5. The quantitative estimate of drug-likeness (QED) is 0.0228. The zero-order valence-electron chi connectivity index (χ0n) is 31.0. The van der Waals surface area contributed by atoms with Crippen molar-refractivity contribution in [3.05, 3.63) is 24.3 Å². The topological polar surface area (TPSA) is 135 Å². The second kappa shape index (κ2) is 31.7. The Kier molecular flexibility index (Phi) is 28.5. The highest BCUT2D eigenvalue weighted by Gasteiger charge is 2.34. The molecule has 0 unspecified atom stereocenters. The SMILES string of the molecule is CCCCCC/C=C\COC(=O)CCCCCOC(=O)C(OC(=O)CCN1CCC1)C(=O)OCCCCCC(=O)OC/C=C\CCCCCC. The number of allylic oxidation sites excluding steroid dienone is 2. The molecule has 0 radical (unpaired) electrons. The fourth-order valence-electron chi connectivity index (χ4n) is 5.01. The van der Waals surface area contributed by atoms with Crippen molar-refractivity contribution in [1.82, 2.24) is 4.90 Å². The predicted molar refractivity (Wildman–Crippen MR) is 192 cm³/mol. The van der Waals surface area contributed by atoms with E-state index in [0.717, 1.165) is 45.2 Å². The Morgan fingerprint density at radius 3 is 1.46 bits per heavy atom. The van der Waals surface area contributed by atoms with Gasteiger partial charge in [0.15, 0.2) is 0 Å². The Balaban J connectivity index is 2.30. The predicted octanol–water partition coefficient (Wildman–Crippen LogP) is 7.34. The fourth-order valence-corrected chi connectivity index (χ4v) is 5.01. The highest BCUT2D eigenvalue weighted by molar-refractivity contribution is 5.99. The van der Waals surface area contributed by atoms with Crippen LogP contribution in [-0.2, 0) is 47.7 Å². The number of likely N-dealkylation sites (tertiary alicyclic amines) is 1. The smallest absolute Gasteiger partial charge is 0.359 e. The first-order valence-corrected chi connectivity index (χ1v) is 19.2. The molecular formula is C39H65NO10. The zero-order chi connectivity index (χ0) is 36.5. The van der Waals surface area contributed by atoms with Gasteiger partial charge >= 0.3 is 29.8 Å². The van der Waals surface area contributed by atoms with Gasteiger partial charge in [-0.3, -0.25) is 14.4 Å². The van der Waals surface area contributed by atoms with E-state index in [1.54, 1.807) is 0 Å². The van der Waals surface area contributed by atoms with Crippen molar-refractivity contribution >= 4 is 29.8 Å². The molecule has 0 atom stereocenters. The van der Waals surface area contributed by atoms with Gasteiger partial charge in [-0.2, -0.15) is 0 Å². The van der Waals surface area contributed by atoms with E-state index in [1.807, 2.05) is 24.3 Å². The van der Waals surface area contributed by atoms with E-state index < -0.39 is 24.0 Å². The van der Waals surface area contributed by atoms with Crippen molar-refractivity contribution in [2.45, 2.75) is 148 Å². The van der Waals surface area contributed by atoms with E-state index in [1.165, 1.54) is 38.5 Å². The number of hydrogen-bond acceptors (Lipinski definition) is 11. The fraction of sp³-hybridized carbons (Fsp3) is 0.769. The molecule has 0 aromatic rings. The van der Waals surface area contributed by atoms with Gasteiger partial charge in [0.05, 0.1) is 19.6 Å². The number of unbranched alkanes of at least 4 members (excludes halogenated alkanes) is 12. The van der Waals surface area contributed by atoms with Crippen LogP contribution in [0.2, 0.25) is 0 Å². The van der Waals surface area contributed by atoms with E-state index >= 15 is 0 Å². The molecule has 11 heteroatoms. The molecule has 1 saturated heterocycles. The van der Waals surface area contributed by atoms with Crippen LogP contribution in [0.3, 0.4) is 0 Å². The molecule has 0 bridgehead atoms. The average Bonchev–Trinajstić information content (AvgIpc) is 3.08. The van der Waals surface area contributed by atoms with Crippen molar-refractivity contribution in [3.63, 3.8) is 0 Å². The van der Waals surface area contributed by atoms with Crippen LogP contribution < -0.4 is 0 Å². The van der Waals surface area contributed by atoms with Crippen LogP contribution in [0.5, 0.6) is 0 Å². The highest BCUT2D eigenvalue weighted by atomic mass is 16.6. The number of carbonyl (C=O) groups is 5. The van der Waals surface area contributed by atoms with Crippen molar-refractivity contribution in [2.24, 2.45) is 0 Å². The molecular weight excluding hydrogens is 642 g/mol. The lowest BCUT2D eigenvalue weighted by molar-refractivity contribution is -0.180. The maximum absolute atomic E-state index is 12.8. The van der Waals surface area contributed by atoms with Gasteiger partial charge in [0.2, 0.25) is 0 Å². The van der Waals surface area contributed by atoms with Gasteiger partial charge in [-0.25, -0.2) is 9.59 Å². The minimum atomic E-state index is -1.80. The number of hydrogen-bond donors (Lipinski definition) is 0. The zero-order valence-corrected chi connectivity index (χ0v) is 31.0. The number of ether oxygens (including phenoxy) is 5. The van der Waals surface area contributed by atoms with Gasteiger partial charge in [-0.1, -0.05) is 76.7 Å². The van der Waals surface area contributed by atoms with E-state index in [4.69, 9.17) is 23.7 Å². The number of nitrogens with zero attached hydrogens (tertiary/aromatic N) is 1. The summed E-state index contributed by atoms with van der Waals surface area (Å²) >= 11 is 0. The average molecular weight is 708 g/mol. The van der Waals surface area contributed by atoms with Crippen LogP contribution in [0.1, 0.15) is 142 Å². The van der Waals surface area contributed by atoms with Crippen molar-refractivity contribution < 1.29 is 47.7 Å². The number of esters is 5. The van der Waals surface area contributed by atoms with E-state index in [-0.39, 0.29) is 57.6 Å². The third kappa shape index (κ3) is 25.7. The minimum absolute atomic E-state index is 0.00854. The third-order valence-corrected chi connectivity index (χ3v) is 8.26. The third-order valence-electron chi connectivity index (χ3n) is 8.26. The van der Waals surface area contributed by atoms with Gasteiger partial charge in [0.25, 0.3) is 6.10 Å². The van der Waals surface area contributed by atoms with Crippen LogP contribution in [0.25, 0.3) is 0 Å². The van der Waals surface area contributed by atoms with Crippen LogP contribution in [0, 0.1) is 0 Å². The molecule has 50 heavy (non-hydrogen) atoms. The van der Waals surface area contributed by atoms with Crippen LogP contribution in [0.15, 0.2) is 24.3 Å². The first-order valence-electron chi connectivity index (χ1n) is 19.2. The maximum Gasteiger partial charge on any atom is 0.359 e. The van der Waals surface area contributed by atoms with Crippen molar-refractivity contribution in [2.75, 3.05) is 46.1 Å². The molecule has 0 N–H and O–H groups in total. The normalized spacial score (nSPS) is 13.0. The monoisotopic (exact) mass is 707 g/mol. The lowest BCUT2D eigenvalue weighted by Gasteiger charge is -2.30.